The third-order valence-corrected chi connectivity index (χ3v) is 6.29. The van der Waals surface area contributed by atoms with Crippen molar-refractivity contribution < 1.29 is 23.2 Å². The Morgan fingerprint density at radius 1 is 0.765 bits per heavy atom. The van der Waals surface area contributed by atoms with E-state index in [1.807, 2.05) is 30.3 Å². The molecule has 0 atom stereocenters. The lowest BCUT2D eigenvalue weighted by Crippen LogP contribution is -2.45. The van der Waals surface area contributed by atoms with E-state index in [1.54, 1.807) is 12.1 Å². The SMILES string of the molecule is O=C(NCC1CCC(C(=O)NNC(=O)c2cccc3ccccc23)CC1)c1c(F)cccc1F. The first-order valence-corrected chi connectivity index (χ1v) is 11.2. The lowest BCUT2D eigenvalue weighted by molar-refractivity contribution is -0.127. The van der Waals surface area contributed by atoms with Gasteiger partial charge in [-0.15, -0.1) is 0 Å². The number of benzene rings is 3. The topological polar surface area (TPSA) is 87.3 Å². The van der Waals surface area contributed by atoms with Crippen LogP contribution in [-0.2, 0) is 4.79 Å². The Kier molecular flexibility index (Phi) is 7.15. The van der Waals surface area contributed by atoms with Crippen molar-refractivity contribution in [2.75, 3.05) is 6.54 Å². The summed E-state index contributed by atoms with van der Waals surface area (Å²) in [7, 11) is 0. The van der Waals surface area contributed by atoms with Crippen LogP contribution in [0.4, 0.5) is 8.78 Å². The average Bonchev–Trinajstić information content (AvgIpc) is 2.85. The summed E-state index contributed by atoms with van der Waals surface area (Å²) >= 11 is 0. The zero-order valence-corrected chi connectivity index (χ0v) is 18.4. The van der Waals surface area contributed by atoms with Gasteiger partial charge < -0.3 is 5.32 Å². The molecule has 0 unspecified atom stereocenters. The smallest absolute Gasteiger partial charge is 0.270 e. The summed E-state index contributed by atoms with van der Waals surface area (Å²) in [5, 5.41) is 4.33. The van der Waals surface area contributed by atoms with Gasteiger partial charge in [0.2, 0.25) is 5.91 Å². The lowest BCUT2D eigenvalue weighted by atomic mass is 9.81. The van der Waals surface area contributed by atoms with E-state index in [9.17, 15) is 23.2 Å². The summed E-state index contributed by atoms with van der Waals surface area (Å²) in [4.78, 5) is 37.3. The lowest BCUT2D eigenvalue weighted by Gasteiger charge is -2.28. The molecule has 6 nitrogen and oxygen atoms in total. The molecule has 0 aromatic heterocycles. The van der Waals surface area contributed by atoms with Crippen LogP contribution in [-0.4, -0.2) is 24.3 Å². The zero-order valence-electron chi connectivity index (χ0n) is 18.4. The molecular formula is C26H25F2N3O3. The minimum absolute atomic E-state index is 0.105. The van der Waals surface area contributed by atoms with Crippen LogP contribution in [0.2, 0.25) is 0 Å². The van der Waals surface area contributed by atoms with Gasteiger partial charge in [0.05, 0.1) is 0 Å². The number of rotatable bonds is 5. The second-order valence-electron chi connectivity index (χ2n) is 8.49. The standard InChI is InChI=1S/C26H25F2N3O3/c27-21-9-4-10-22(28)23(21)26(34)29-15-16-11-13-18(14-12-16)24(32)30-31-25(33)20-8-3-6-17-5-1-2-7-19(17)20/h1-10,16,18H,11-15H2,(H,29,34)(H,30,32)(H,31,33). The van der Waals surface area contributed by atoms with Crippen LogP contribution in [0, 0.1) is 23.5 Å². The molecule has 1 saturated carbocycles. The van der Waals surface area contributed by atoms with Gasteiger partial charge in [-0.3, -0.25) is 25.2 Å². The highest BCUT2D eigenvalue weighted by Gasteiger charge is 2.27. The highest BCUT2D eigenvalue weighted by atomic mass is 19.1. The third-order valence-electron chi connectivity index (χ3n) is 6.29. The molecule has 0 aliphatic heterocycles. The molecule has 3 amide bonds. The normalized spacial score (nSPS) is 17.7. The summed E-state index contributed by atoms with van der Waals surface area (Å²) in [6.45, 7) is 0.277. The zero-order chi connectivity index (χ0) is 24.1. The molecule has 1 aliphatic rings. The van der Waals surface area contributed by atoms with Crippen LogP contribution in [0.25, 0.3) is 10.8 Å². The predicted molar refractivity (Wildman–Crippen MR) is 124 cm³/mol. The van der Waals surface area contributed by atoms with Gasteiger partial charge in [0.1, 0.15) is 17.2 Å². The summed E-state index contributed by atoms with van der Waals surface area (Å²) < 4.78 is 27.5. The molecule has 34 heavy (non-hydrogen) atoms. The predicted octanol–water partition coefficient (Wildman–Crippen LogP) is 4.12. The molecule has 0 heterocycles. The highest BCUT2D eigenvalue weighted by Crippen LogP contribution is 2.28. The van der Waals surface area contributed by atoms with E-state index < -0.39 is 23.1 Å². The fourth-order valence-corrected chi connectivity index (χ4v) is 4.38. The van der Waals surface area contributed by atoms with Gasteiger partial charge in [0, 0.05) is 18.0 Å². The largest absolute Gasteiger partial charge is 0.352 e. The molecular weight excluding hydrogens is 440 g/mol. The quantitative estimate of drug-likeness (QED) is 0.496. The number of fused-ring (bicyclic) bond motifs is 1. The Morgan fingerprint density at radius 2 is 1.41 bits per heavy atom. The van der Waals surface area contributed by atoms with Crippen molar-refractivity contribution in [2.24, 2.45) is 11.8 Å². The average molecular weight is 466 g/mol. The van der Waals surface area contributed by atoms with E-state index in [-0.39, 0.29) is 30.2 Å². The minimum Gasteiger partial charge on any atom is -0.352 e. The van der Waals surface area contributed by atoms with Gasteiger partial charge in [-0.1, -0.05) is 42.5 Å². The van der Waals surface area contributed by atoms with Crippen LogP contribution in [0.3, 0.4) is 0 Å². The number of hydrogen-bond donors (Lipinski definition) is 3. The van der Waals surface area contributed by atoms with Crippen molar-refractivity contribution in [3.63, 3.8) is 0 Å². The maximum absolute atomic E-state index is 13.7. The Labute approximate surface area is 195 Å². The van der Waals surface area contributed by atoms with Crippen molar-refractivity contribution in [3.8, 4) is 0 Å². The molecule has 176 valence electrons. The molecule has 1 aliphatic carbocycles. The Balaban J connectivity index is 1.24. The van der Waals surface area contributed by atoms with Gasteiger partial charge in [0.25, 0.3) is 11.8 Å². The van der Waals surface area contributed by atoms with E-state index in [4.69, 9.17) is 0 Å². The van der Waals surface area contributed by atoms with Gasteiger partial charge in [-0.25, -0.2) is 8.78 Å². The van der Waals surface area contributed by atoms with Gasteiger partial charge in [-0.2, -0.15) is 0 Å². The maximum Gasteiger partial charge on any atom is 0.270 e. The van der Waals surface area contributed by atoms with Crippen molar-refractivity contribution in [1.82, 2.24) is 16.2 Å². The first-order chi connectivity index (χ1) is 16.4. The third kappa shape index (κ3) is 5.22. The summed E-state index contributed by atoms with van der Waals surface area (Å²) in [6.07, 6.45) is 2.53. The summed E-state index contributed by atoms with van der Waals surface area (Å²) in [5.74, 6) is -3.39. The van der Waals surface area contributed by atoms with Crippen LogP contribution in [0.1, 0.15) is 46.4 Å². The fourth-order valence-electron chi connectivity index (χ4n) is 4.38. The number of carbonyl (C=O) groups is 3. The van der Waals surface area contributed by atoms with Crippen LogP contribution in [0.5, 0.6) is 0 Å². The van der Waals surface area contributed by atoms with E-state index in [2.05, 4.69) is 16.2 Å². The number of hydrogen-bond acceptors (Lipinski definition) is 3. The van der Waals surface area contributed by atoms with Gasteiger partial charge in [0.15, 0.2) is 0 Å². The molecule has 8 heteroatoms. The Hall–Kier alpha value is -3.81. The number of hydrazine groups is 1. The van der Waals surface area contributed by atoms with Crippen molar-refractivity contribution in [2.45, 2.75) is 25.7 Å². The number of halogens is 2. The molecule has 4 rings (SSSR count). The molecule has 0 bridgehead atoms. The van der Waals surface area contributed by atoms with Crippen molar-refractivity contribution >= 4 is 28.5 Å². The summed E-state index contributed by atoms with van der Waals surface area (Å²) in [5.41, 5.74) is 4.91. The van der Waals surface area contributed by atoms with Crippen LogP contribution >= 0.6 is 0 Å². The van der Waals surface area contributed by atoms with E-state index >= 15 is 0 Å². The summed E-state index contributed by atoms with van der Waals surface area (Å²) in [6, 6.07) is 16.2. The fraction of sp³-hybridized carbons (Fsp3) is 0.269. The first-order valence-electron chi connectivity index (χ1n) is 11.2. The van der Waals surface area contributed by atoms with E-state index in [1.165, 1.54) is 6.07 Å². The van der Waals surface area contributed by atoms with Crippen LogP contribution in [0.15, 0.2) is 60.7 Å². The monoisotopic (exact) mass is 465 g/mol. The number of nitrogens with one attached hydrogen (secondary N) is 3. The van der Waals surface area contributed by atoms with Crippen molar-refractivity contribution in [1.29, 1.82) is 0 Å². The molecule has 3 aromatic rings. The molecule has 1 fully saturated rings. The van der Waals surface area contributed by atoms with Crippen molar-refractivity contribution in [3.05, 3.63) is 83.4 Å². The molecule has 0 saturated heterocycles. The minimum atomic E-state index is -0.900. The van der Waals surface area contributed by atoms with Crippen LogP contribution < -0.4 is 16.2 Å². The highest BCUT2D eigenvalue weighted by molar-refractivity contribution is 6.07. The first kappa shape index (κ1) is 23.4. The van der Waals surface area contributed by atoms with Gasteiger partial charge >= 0.3 is 0 Å². The number of carbonyl (C=O) groups excluding carboxylic acids is 3. The Bertz CT molecular complexity index is 1200. The Morgan fingerprint density at radius 3 is 2.15 bits per heavy atom. The maximum atomic E-state index is 13.7. The molecule has 0 radical (unpaired) electrons. The molecule has 0 spiro atoms. The molecule has 3 N–H and O–H groups in total. The van der Waals surface area contributed by atoms with E-state index in [0.29, 0.717) is 31.2 Å². The molecule has 3 aromatic carbocycles. The van der Waals surface area contributed by atoms with E-state index in [0.717, 1.165) is 22.9 Å². The number of amides is 3. The second kappa shape index (κ2) is 10.4. The second-order valence-corrected chi connectivity index (χ2v) is 8.49. The van der Waals surface area contributed by atoms with Gasteiger partial charge in [-0.05, 0) is 60.6 Å².